The maximum absolute atomic E-state index is 12.0. The maximum Gasteiger partial charge on any atom is 0.241 e. The first-order valence-electron chi connectivity index (χ1n) is 6.64. The van der Waals surface area contributed by atoms with Crippen LogP contribution in [0.1, 0.15) is 12.0 Å². The van der Waals surface area contributed by atoms with Crippen molar-refractivity contribution in [3.63, 3.8) is 0 Å². The third-order valence-corrected chi connectivity index (χ3v) is 5.40. The monoisotopic (exact) mass is 296 g/mol. The van der Waals surface area contributed by atoms with Crippen molar-refractivity contribution in [2.75, 3.05) is 30.4 Å². The lowest BCUT2D eigenvalue weighted by molar-refractivity contribution is -0.129. The zero-order valence-electron chi connectivity index (χ0n) is 11.8. The van der Waals surface area contributed by atoms with Crippen molar-refractivity contribution in [3.05, 3.63) is 29.8 Å². The molecule has 1 aliphatic heterocycles. The van der Waals surface area contributed by atoms with Crippen LogP contribution in [0.5, 0.6) is 0 Å². The lowest BCUT2D eigenvalue weighted by Crippen LogP contribution is -2.40. The molecule has 1 N–H and O–H groups in total. The normalized spacial score (nSPS) is 20.6. The Hall–Kier alpha value is -1.56. The van der Waals surface area contributed by atoms with E-state index in [4.69, 9.17) is 0 Å². The Bertz CT molecular complexity index is 581. The largest absolute Gasteiger partial charge is 0.376 e. The number of hydrogen-bond acceptors (Lipinski definition) is 4. The van der Waals surface area contributed by atoms with Gasteiger partial charge in [-0.05, 0) is 25.5 Å². The van der Waals surface area contributed by atoms with E-state index in [0.29, 0.717) is 6.42 Å². The summed E-state index contributed by atoms with van der Waals surface area (Å²) in [4.78, 5) is 13.6. The van der Waals surface area contributed by atoms with Crippen LogP contribution in [0.4, 0.5) is 5.69 Å². The molecule has 1 aromatic carbocycles. The first-order valence-corrected chi connectivity index (χ1v) is 8.46. The number of benzene rings is 1. The van der Waals surface area contributed by atoms with E-state index >= 15 is 0 Å². The average Bonchev–Trinajstić information content (AvgIpc) is 2.77. The second-order valence-corrected chi connectivity index (χ2v) is 7.51. The Labute approximate surface area is 119 Å². The molecule has 110 valence electrons. The van der Waals surface area contributed by atoms with E-state index in [-0.39, 0.29) is 30.0 Å². The van der Waals surface area contributed by atoms with Crippen molar-refractivity contribution in [2.24, 2.45) is 0 Å². The van der Waals surface area contributed by atoms with E-state index < -0.39 is 9.84 Å². The van der Waals surface area contributed by atoms with Gasteiger partial charge in [-0.2, -0.15) is 0 Å². The molecule has 1 aliphatic rings. The summed E-state index contributed by atoms with van der Waals surface area (Å²) < 4.78 is 22.9. The molecule has 0 spiro atoms. The highest BCUT2D eigenvalue weighted by Crippen LogP contribution is 2.16. The van der Waals surface area contributed by atoms with Gasteiger partial charge in [-0.15, -0.1) is 0 Å². The Morgan fingerprint density at radius 2 is 2.00 bits per heavy atom. The molecule has 1 aromatic rings. The third kappa shape index (κ3) is 3.72. The van der Waals surface area contributed by atoms with Crippen molar-refractivity contribution >= 4 is 21.4 Å². The minimum absolute atomic E-state index is 0.0831. The van der Waals surface area contributed by atoms with E-state index in [1.807, 2.05) is 31.2 Å². The van der Waals surface area contributed by atoms with Crippen molar-refractivity contribution in [2.45, 2.75) is 19.4 Å². The first kappa shape index (κ1) is 14.8. The molecule has 2 rings (SSSR count). The number of nitrogens with zero attached hydrogens (tertiary/aromatic N) is 1. The molecule has 0 aliphatic carbocycles. The third-order valence-electron chi connectivity index (χ3n) is 3.64. The summed E-state index contributed by atoms with van der Waals surface area (Å²) in [6.07, 6.45) is 0.537. The molecule has 1 heterocycles. The SMILES string of the molecule is Cc1ccc(NCC(=O)N(C)C2CCS(=O)(=O)C2)cc1. The lowest BCUT2D eigenvalue weighted by atomic mass is 10.2. The molecule has 1 atom stereocenters. The van der Waals surface area contributed by atoms with Gasteiger partial charge in [-0.3, -0.25) is 4.79 Å². The van der Waals surface area contributed by atoms with Crippen LogP contribution < -0.4 is 5.32 Å². The second-order valence-electron chi connectivity index (χ2n) is 5.28. The minimum atomic E-state index is -2.96. The Balaban J connectivity index is 1.87. The highest BCUT2D eigenvalue weighted by molar-refractivity contribution is 7.91. The zero-order chi connectivity index (χ0) is 14.8. The van der Waals surface area contributed by atoms with Crippen molar-refractivity contribution in [3.8, 4) is 0 Å². The highest BCUT2D eigenvalue weighted by Gasteiger charge is 2.32. The quantitative estimate of drug-likeness (QED) is 0.902. The van der Waals surface area contributed by atoms with Gasteiger partial charge >= 0.3 is 0 Å². The van der Waals surface area contributed by atoms with Gasteiger partial charge in [0.05, 0.1) is 18.1 Å². The lowest BCUT2D eigenvalue weighted by Gasteiger charge is -2.23. The standard InChI is InChI=1S/C14H20N2O3S/c1-11-3-5-12(6-4-11)15-9-14(17)16(2)13-7-8-20(18,19)10-13/h3-6,13,15H,7-10H2,1-2H3. The van der Waals surface area contributed by atoms with Crippen LogP contribution in [0.15, 0.2) is 24.3 Å². The number of nitrogens with one attached hydrogen (secondary N) is 1. The molecule has 1 fully saturated rings. The van der Waals surface area contributed by atoms with Crippen LogP contribution in [0.2, 0.25) is 0 Å². The van der Waals surface area contributed by atoms with E-state index in [2.05, 4.69) is 5.32 Å². The number of anilines is 1. The summed E-state index contributed by atoms with van der Waals surface area (Å²) >= 11 is 0. The molecular formula is C14H20N2O3S. The molecule has 0 saturated carbocycles. The number of carbonyl (C=O) groups is 1. The number of aryl methyl sites for hydroxylation is 1. The number of rotatable bonds is 4. The van der Waals surface area contributed by atoms with Gasteiger partial charge in [0.25, 0.3) is 0 Å². The van der Waals surface area contributed by atoms with Gasteiger partial charge < -0.3 is 10.2 Å². The summed E-state index contributed by atoms with van der Waals surface area (Å²) in [5.74, 6) is 0.174. The number of amides is 1. The molecule has 1 saturated heterocycles. The summed E-state index contributed by atoms with van der Waals surface area (Å²) in [7, 11) is -1.29. The fourth-order valence-electron chi connectivity index (χ4n) is 2.26. The van der Waals surface area contributed by atoms with E-state index in [9.17, 15) is 13.2 Å². The summed E-state index contributed by atoms with van der Waals surface area (Å²) in [5.41, 5.74) is 2.05. The molecule has 0 radical (unpaired) electrons. The smallest absolute Gasteiger partial charge is 0.241 e. The molecular weight excluding hydrogens is 276 g/mol. The van der Waals surface area contributed by atoms with Crippen molar-refractivity contribution < 1.29 is 13.2 Å². The summed E-state index contributed by atoms with van der Waals surface area (Å²) in [6.45, 7) is 2.18. The predicted molar refractivity (Wildman–Crippen MR) is 79.5 cm³/mol. The Kier molecular flexibility index (Phi) is 4.32. The average molecular weight is 296 g/mol. The van der Waals surface area contributed by atoms with Crippen molar-refractivity contribution in [1.29, 1.82) is 0 Å². The second kappa shape index (κ2) is 5.83. The van der Waals surface area contributed by atoms with Crippen LogP contribution in [-0.2, 0) is 14.6 Å². The number of sulfone groups is 1. The maximum atomic E-state index is 12.0. The number of carbonyl (C=O) groups excluding carboxylic acids is 1. The van der Waals surface area contributed by atoms with E-state index in [0.717, 1.165) is 11.3 Å². The zero-order valence-corrected chi connectivity index (χ0v) is 12.6. The fraction of sp³-hybridized carbons (Fsp3) is 0.500. The van der Waals surface area contributed by atoms with Gasteiger partial charge in [0.1, 0.15) is 0 Å². The van der Waals surface area contributed by atoms with E-state index in [1.165, 1.54) is 0 Å². The number of hydrogen-bond donors (Lipinski definition) is 1. The van der Waals surface area contributed by atoms with Crippen molar-refractivity contribution in [1.82, 2.24) is 4.90 Å². The predicted octanol–water partition coefficient (Wildman–Crippen LogP) is 1.05. The number of likely N-dealkylation sites (N-methyl/N-ethyl adjacent to an activating group) is 1. The molecule has 1 unspecified atom stereocenters. The first-order chi connectivity index (χ1) is 9.37. The molecule has 1 amide bonds. The van der Waals surface area contributed by atoms with E-state index in [1.54, 1.807) is 11.9 Å². The van der Waals surface area contributed by atoms with Crippen LogP contribution in [0, 0.1) is 6.92 Å². The highest BCUT2D eigenvalue weighted by atomic mass is 32.2. The van der Waals surface area contributed by atoms with Gasteiger partial charge in [0.2, 0.25) is 5.91 Å². The van der Waals surface area contributed by atoms with Gasteiger partial charge in [-0.1, -0.05) is 17.7 Å². The fourth-order valence-corrected chi connectivity index (χ4v) is 4.03. The minimum Gasteiger partial charge on any atom is -0.376 e. The Morgan fingerprint density at radius 1 is 1.35 bits per heavy atom. The van der Waals surface area contributed by atoms with Gasteiger partial charge in [-0.25, -0.2) is 8.42 Å². The van der Waals surface area contributed by atoms with Crippen LogP contribution in [0.3, 0.4) is 0 Å². The Morgan fingerprint density at radius 3 is 2.55 bits per heavy atom. The molecule has 5 nitrogen and oxygen atoms in total. The molecule has 20 heavy (non-hydrogen) atoms. The summed E-state index contributed by atoms with van der Waals surface area (Å²) in [5, 5.41) is 3.06. The molecule has 0 aromatic heterocycles. The van der Waals surface area contributed by atoms with Gasteiger partial charge in [0.15, 0.2) is 9.84 Å². The summed E-state index contributed by atoms with van der Waals surface area (Å²) in [6, 6.07) is 7.60. The topological polar surface area (TPSA) is 66.5 Å². The van der Waals surface area contributed by atoms with Crippen LogP contribution in [-0.4, -0.2) is 50.4 Å². The molecule has 0 bridgehead atoms. The molecule has 6 heteroatoms. The van der Waals surface area contributed by atoms with Gasteiger partial charge in [0, 0.05) is 18.8 Å². The van der Waals surface area contributed by atoms with Crippen LogP contribution in [0.25, 0.3) is 0 Å². The van der Waals surface area contributed by atoms with Crippen LogP contribution >= 0.6 is 0 Å².